The first kappa shape index (κ1) is 20.4. The summed E-state index contributed by atoms with van der Waals surface area (Å²) in [5.41, 5.74) is 7.73. The van der Waals surface area contributed by atoms with Crippen molar-refractivity contribution in [3.8, 4) is 0 Å². The topological polar surface area (TPSA) is 35.6 Å². The highest BCUT2D eigenvalue weighted by Gasteiger charge is 2.21. The number of amides is 1. The van der Waals surface area contributed by atoms with Gasteiger partial charge in [-0.2, -0.15) is 0 Å². The molecule has 1 saturated heterocycles. The van der Waals surface area contributed by atoms with Crippen LogP contribution in [0.4, 0.5) is 5.69 Å². The second-order valence-electron chi connectivity index (χ2n) is 8.12. The van der Waals surface area contributed by atoms with Crippen LogP contribution in [0.5, 0.6) is 0 Å². The van der Waals surface area contributed by atoms with Crippen LogP contribution in [0, 0.1) is 27.7 Å². The summed E-state index contributed by atoms with van der Waals surface area (Å²) in [4.78, 5) is 17.2. The van der Waals surface area contributed by atoms with E-state index in [4.69, 9.17) is 0 Å². The first-order chi connectivity index (χ1) is 13.3. The maximum atomic E-state index is 12.5. The molecule has 2 aromatic carbocycles. The normalized spacial score (nSPS) is 16.1. The zero-order chi connectivity index (χ0) is 20.3. The Bertz CT molecular complexity index is 838. The molecule has 0 radical (unpaired) electrons. The Hall–Kier alpha value is -2.33. The summed E-state index contributed by atoms with van der Waals surface area (Å²) < 4.78 is 0. The Balaban J connectivity index is 1.51. The number of aryl methyl sites for hydroxylation is 3. The van der Waals surface area contributed by atoms with Crippen molar-refractivity contribution in [2.24, 2.45) is 0 Å². The fourth-order valence-corrected chi connectivity index (χ4v) is 3.83. The minimum Gasteiger partial charge on any atom is -0.369 e. The summed E-state index contributed by atoms with van der Waals surface area (Å²) in [5, 5.41) is 3.16. The van der Waals surface area contributed by atoms with Gasteiger partial charge >= 0.3 is 0 Å². The van der Waals surface area contributed by atoms with E-state index in [-0.39, 0.29) is 11.9 Å². The lowest BCUT2D eigenvalue weighted by Gasteiger charge is -2.36. The predicted octanol–water partition coefficient (Wildman–Crippen LogP) is 3.92. The lowest BCUT2D eigenvalue weighted by molar-refractivity contribution is -0.123. The molecule has 150 valence electrons. The van der Waals surface area contributed by atoms with Crippen LogP contribution < -0.4 is 10.2 Å². The molecule has 4 nitrogen and oxygen atoms in total. The Morgan fingerprint density at radius 3 is 2.36 bits per heavy atom. The zero-order valence-electron chi connectivity index (χ0n) is 17.9. The van der Waals surface area contributed by atoms with Gasteiger partial charge in [-0.25, -0.2) is 0 Å². The Kier molecular flexibility index (Phi) is 6.40. The average Bonchev–Trinajstić information content (AvgIpc) is 2.67. The minimum absolute atomic E-state index is 0.0306. The minimum atomic E-state index is 0.0306. The number of rotatable bonds is 5. The number of hydrogen-bond acceptors (Lipinski definition) is 3. The molecule has 0 aliphatic carbocycles. The number of hydrogen-bond donors (Lipinski definition) is 1. The molecular weight excluding hydrogens is 346 g/mol. The standard InChI is InChI=1S/C24H33N3O/c1-17-9-10-22(15-19(17)3)21(5)25-24(28)16-26-11-13-27(14-12-26)23-8-6-7-18(2)20(23)4/h6-10,15,21H,11-14,16H2,1-5H3,(H,25,28)/t21-/m1/s1. The van der Waals surface area contributed by atoms with Gasteiger partial charge in [0.05, 0.1) is 12.6 Å². The second kappa shape index (κ2) is 8.78. The quantitative estimate of drug-likeness (QED) is 0.855. The van der Waals surface area contributed by atoms with Crippen LogP contribution in [0.25, 0.3) is 0 Å². The molecule has 3 rings (SSSR count). The molecule has 1 aliphatic rings. The van der Waals surface area contributed by atoms with Gasteiger partial charge in [0.25, 0.3) is 0 Å². The number of piperazine rings is 1. The molecule has 0 spiro atoms. The van der Waals surface area contributed by atoms with Crippen LogP contribution in [-0.2, 0) is 4.79 Å². The van der Waals surface area contributed by atoms with E-state index < -0.39 is 0 Å². The smallest absolute Gasteiger partial charge is 0.234 e. The molecule has 1 heterocycles. The van der Waals surface area contributed by atoms with E-state index in [9.17, 15) is 4.79 Å². The van der Waals surface area contributed by atoms with Crippen LogP contribution in [-0.4, -0.2) is 43.5 Å². The molecule has 0 unspecified atom stereocenters. The fraction of sp³-hybridized carbons (Fsp3) is 0.458. The summed E-state index contributed by atoms with van der Waals surface area (Å²) in [5.74, 6) is 0.103. The maximum Gasteiger partial charge on any atom is 0.234 e. The summed E-state index contributed by atoms with van der Waals surface area (Å²) in [6.45, 7) is 14.9. The van der Waals surface area contributed by atoms with Crippen molar-refractivity contribution < 1.29 is 4.79 Å². The van der Waals surface area contributed by atoms with Crippen molar-refractivity contribution in [3.63, 3.8) is 0 Å². The lowest BCUT2D eigenvalue weighted by Crippen LogP contribution is -2.49. The van der Waals surface area contributed by atoms with E-state index in [1.807, 2.05) is 0 Å². The highest BCUT2D eigenvalue weighted by atomic mass is 16.2. The molecule has 1 atom stereocenters. The van der Waals surface area contributed by atoms with Gasteiger partial charge in [-0.05, 0) is 68.5 Å². The summed E-state index contributed by atoms with van der Waals surface area (Å²) in [7, 11) is 0. The van der Waals surface area contributed by atoms with Crippen LogP contribution in [0.1, 0.15) is 40.8 Å². The Labute approximate surface area is 169 Å². The molecule has 1 fully saturated rings. The first-order valence-corrected chi connectivity index (χ1v) is 10.2. The van der Waals surface area contributed by atoms with E-state index in [2.05, 4.69) is 86.1 Å². The third kappa shape index (κ3) is 4.74. The van der Waals surface area contributed by atoms with Crippen molar-refractivity contribution >= 4 is 11.6 Å². The van der Waals surface area contributed by atoms with Crippen molar-refractivity contribution in [1.29, 1.82) is 0 Å². The van der Waals surface area contributed by atoms with Gasteiger partial charge in [-0.1, -0.05) is 30.3 Å². The van der Waals surface area contributed by atoms with Crippen LogP contribution in [0.3, 0.4) is 0 Å². The van der Waals surface area contributed by atoms with E-state index in [0.29, 0.717) is 6.54 Å². The van der Waals surface area contributed by atoms with E-state index in [0.717, 1.165) is 31.7 Å². The number of anilines is 1. The SMILES string of the molecule is Cc1ccc([C@@H](C)NC(=O)CN2CCN(c3cccc(C)c3C)CC2)cc1C. The highest BCUT2D eigenvalue weighted by Crippen LogP contribution is 2.24. The van der Waals surface area contributed by atoms with Gasteiger partial charge < -0.3 is 10.2 Å². The van der Waals surface area contributed by atoms with Crippen molar-refractivity contribution in [2.75, 3.05) is 37.6 Å². The molecule has 2 aromatic rings. The average molecular weight is 380 g/mol. The largest absolute Gasteiger partial charge is 0.369 e. The number of benzene rings is 2. The maximum absolute atomic E-state index is 12.5. The van der Waals surface area contributed by atoms with E-state index in [1.54, 1.807) is 0 Å². The number of carbonyl (C=O) groups is 1. The number of nitrogens with zero attached hydrogens (tertiary/aromatic N) is 2. The van der Waals surface area contributed by atoms with Crippen molar-refractivity contribution in [3.05, 3.63) is 64.2 Å². The third-order valence-corrected chi connectivity index (χ3v) is 6.06. The highest BCUT2D eigenvalue weighted by molar-refractivity contribution is 5.78. The molecule has 0 aromatic heterocycles. The van der Waals surface area contributed by atoms with Crippen molar-refractivity contribution in [1.82, 2.24) is 10.2 Å². The number of nitrogens with one attached hydrogen (secondary N) is 1. The zero-order valence-corrected chi connectivity index (χ0v) is 17.9. The molecule has 1 N–H and O–H groups in total. The van der Waals surface area contributed by atoms with Crippen LogP contribution in [0.2, 0.25) is 0 Å². The van der Waals surface area contributed by atoms with Gasteiger partial charge in [0.2, 0.25) is 5.91 Å². The molecule has 1 amide bonds. The van der Waals surface area contributed by atoms with Gasteiger partial charge in [-0.3, -0.25) is 9.69 Å². The summed E-state index contributed by atoms with van der Waals surface area (Å²) in [6.07, 6.45) is 0. The fourth-order valence-electron chi connectivity index (χ4n) is 3.83. The predicted molar refractivity (Wildman–Crippen MR) is 117 cm³/mol. The lowest BCUT2D eigenvalue weighted by atomic mass is 10.0. The van der Waals surface area contributed by atoms with Gasteiger partial charge in [-0.15, -0.1) is 0 Å². The van der Waals surface area contributed by atoms with Gasteiger partial charge in [0.15, 0.2) is 0 Å². The van der Waals surface area contributed by atoms with Gasteiger partial charge in [0, 0.05) is 31.9 Å². The monoisotopic (exact) mass is 379 g/mol. The Morgan fingerprint density at radius 2 is 1.68 bits per heavy atom. The van der Waals surface area contributed by atoms with E-state index >= 15 is 0 Å². The van der Waals surface area contributed by atoms with Crippen LogP contribution >= 0.6 is 0 Å². The molecular formula is C24H33N3O. The number of carbonyl (C=O) groups excluding carboxylic acids is 1. The first-order valence-electron chi connectivity index (χ1n) is 10.2. The molecule has 0 saturated carbocycles. The van der Waals surface area contributed by atoms with E-state index in [1.165, 1.54) is 27.9 Å². The second-order valence-corrected chi connectivity index (χ2v) is 8.12. The van der Waals surface area contributed by atoms with Crippen LogP contribution in [0.15, 0.2) is 36.4 Å². The Morgan fingerprint density at radius 1 is 0.964 bits per heavy atom. The molecule has 4 heteroatoms. The van der Waals surface area contributed by atoms with Gasteiger partial charge in [0.1, 0.15) is 0 Å². The molecule has 1 aliphatic heterocycles. The molecule has 28 heavy (non-hydrogen) atoms. The van der Waals surface area contributed by atoms with Crippen molar-refractivity contribution in [2.45, 2.75) is 40.7 Å². The summed E-state index contributed by atoms with van der Waals surface area (Å²) >= 11 is 0. The molecule has 0 bridgehead atoms. The summed E-state index contributed by atoms with van der Waals surface area (Å²) in [6, 6.07) is 12.9. The third-order valence-electron chi connectivity index (χ3n) is 6.06.